The maximum absolute atomic E-state index is 12.9. The first-order chi connectivity index (χ1) is 9.31. The average molecular weight is 279 g/mol. The van der Waals surface area contributed by atoms with Crippen LogP contribution < -0.4 is 5.32 Å². The summed E-state index contributed by atoms with van der Waals surface area (Å²) in [5.41, 5.74) is 0.585. The lowest BCUT2D eigenvalue weighted by atomic mass is 9.84. The lowest BCUT2D eigenvalue weighted by molar-refractivity contribution is -0.140. The van der Waals surface area contributed by atoms with Gasteiger partial charge in [0.1, 0.15) is 5.82 Å². The molecule has 0 unspecified atom stereocenters. The molecular weight excluding hydrogens is 261 g/mol. The van der Waals surface area contributed by atoms with E-state index in [0.717, 1.165) is 5.56 Å². The molecule has 0 radical (unpaired) electrons. The molecule has 1 aliphatic rings. The quantitative estimate of drug-likeness (QED) is 0.865. The molecule has 1 saturated carbocycles. The van der Waals surface area contributed by atoms with Crippen LogP contribution >= 0.6 is 0 Å². The highest BCUT2D eigenvalue weighted by Crippen LogP contribution is 2.38. The number of hydrogen-bond acceptors (Lipinski definition) is 2. The van der Waals surface area contributed by atoms with Crippen LogP contribution in [0.1, 0.15) is 25.8 Å². The lowest BCUT2D eigenvalue weighted by Gasteiger charge is -2.25. The van der Waals surface area contributed by atoms with Crippen molar-refractivity contribution in [3.63, 3.8) is 0 Å². The Morgan fingerprint density at radius 1 is 1.30 bits per heavy atom. The number of benzene rings is 1. The van der Waals surface area contributed by atoms with E-state index in [1.165, 1.54) is 12.1 Å². The maximum Gasteiger partial charge on any atom is 0.307 e. The van der Waals surface area contributed by atoms with Gasteiger partial charge in [0.05, 0.1) is 11.8 Å². The van der Waals surface area contributed by atoms with Gasteiger partial charge in [-0.1, -0.05) is 26.0 Å². The van der Waals surface area contributed by atoms with E-state index in [1.54, 1.807) is 12.1 Å². The molecule has 0 aromatic heterocycles. The SMILES string of the molecule is CC(C)(CNC(=O)[C@H]1C[C@H]1C(=O)O)c1ccc(F)cc1. The molecule has 108 valence electrons. The molecule has 0 heterocycles. The van der Waals surface area contributed by atoms with E-state index >= 15 is 0 Å². The molecule has 1 aromatic carbocycles. The van der Waals surface area contributed by atoms with Crippen molar-refractivity contribution < 1.29 is 19.1 Å². The molecule has 1 aliphatic carbocycles. The molecule has 2 N–H and O–H groups in total. The third-order valence-corrected chi connectivity index (χ3v) is 3.77. The normalized spacial score (nSPS) is 21.4. The summed E-state index contributed by atoms with van der Waals surface area (Å²) >= 11 is 0. The molecule has 0 aliphatic heterocycles. The van der Waals surface area contributed by atoms with E-state index in [2.05, 4.69) is 5.32 Å². The number of amides is 1. The summed E-state index contributed by atoms with van der Waals surface area (Å²) in [5, 5.41) is 11.6. The third-order valence-electron chi connectivity index (χ3n) is 3.77. The molecule has 20 heavy (non-hydrogen) atoms. The maximum atomic E-state index is 12.9. The molecule has 2 atom stereocenters. The summed E-state index contributed by atoms with van der Waals surface area (Å²) in [6.07, 6.45) is 0.415. The van der Waals surface area contributed by atoms with E-state index in [4.69, 9.17) is 5.11 Å². The molecule has 1 fully saturated rings. The summed E-state index contributed by atoms with van der Waals surface area (Å²) in [5.74, 6) is -2.37. The Hall–Kier alpha value is -1.91. The Labute approximate surface area is 117 Å². The largest absolute Gasteiger partial charge is 0.481 e. The molecule has 0 bridgehead atoms. The molecule has 4 nitrogen and oxygen atoms in total. The zero-order valence-electron chi connectivity index (χ0n) is 11.5. The minimum atomic E-state index is -0.914. The van der Waals surface area contributed by atoms with E-state index < -0.39 is 17.8 Å². The first-order valence-electron chi connectivity index (χ1n) is 6.58. The predicted molar refractivity (Wildman–Crippen MR) is 71.7 cm³/mol. The number of aliphatic carboxylic acids is 1. The van der Waals surface area contributed by atoms with Crippen molar-refractivity contribution >= 4 is 11.9 Å². The second-order valence-electron chi connectivity index (χ2n) is 5.90. The van der Waals surface area contributed by atoms with E-state index in [0.29, 0.717) is 13.0 Å². The average Bonchev–Trinajstić information content (AvgIpc) is 3.17. The van der Waals surface area contributed by atoms with Crippen LogP contribution in [0.15, 0.2) is 24.3 Å². The smallest absolute Gasteiger partial charge is 0.307 e. The van der Waals surface area contributed by atoms with Crippen LogP contribution in [0.5, 0.6) is 0 Å². The number of rotatable bonds is 5. The van der Waals surface area contributed by atoms with Crippen molar-refractivity contribution in [3.05, 3.63) is 35.6 Å². The zero-order valence-corrected chi connectivity index (χ0v) is 11.5. The molecule has 0 spiro atoms. The van der Waals surface area contributed by atoms with E-state index in [1.807, 2.05) is 13.8 Å². The van der Waals surface area contributed by atoms with Crippen molar-refractivity contribution in [2.75, 3.05) is 6.54 Å². The highest BCUT2D eigenvalue weighted by atomic mass is 19.1. The molecule has 1 amide bonds. The fourth-order valence-corrected chi connectivity index (χ4v) is 2.20. The molecule has 0 saturated heterocycles. The molecule has 1 aromatic rings. The van der Waals surface area contributed by atoms with Crippen LogP contribution in [0.25, 0.3) is 0 Å². The Kier molecular flexibility index (Phi) is 3.79. The molecular formula is C15H18FNO3. The Morgan fingerprint density at radius 2 is 1.90 bits per heavy atom. The summed E-state index contributed by atoms with van der Waals surface area (Å²) < 4.78 is 12.9. The van der Waals surface area contributed by atoms with Crippen LogP contribution in [0.4, 0.5) is 4.39 Å². The minimum Gasteiger partial charge on any atom is -0.481 e. The second-order valence-corrected chi connectivity index (χ2v) is 5.90. The zero-order chi connectivity index (χ0) is 14.9. The Balaban J connectivity index is 1.91. The van der Waals surface area contributed by atoms with E-state index in [-0.39, 0.29) is 17.1 Å². The summed E-state index contributed by atoms with van der Waals surface area (Å²) in [4.78, 5) is 22.5. The van der Waals surface area contributed by atoms with Crippen LogP contribution in [-0.2, 0) is 15.0 Å². The molecule has 5 heteroatoms. The van der Waals surface area contributed by atoms with Gasteiger partial charge in [-0.15, -0.1) is 0 Å². The van der Waals surface area contributed by atoms with Gasteiger partial charge in [-0.05, 0) is 24.1 Å². The number of halogens is 1. The van der Waals surface area contributed by atoms with Crippen molar-refractivity contribution in [2.24, 2.45) is 11.8 Å². The number of carboxylic acid groups (broad SMARTS) is 1. The predicted octanol–water partition coefficient (Wildman–Crippen LogP) is 1.94. The summed E-state index contributed by atoms with van der Waals surface area (Å²) in [6, 6.07) is 6.16. The van der Waals surface area contributed by atoms with Crippen LogP contribution in [0.2, 0.25) is 0 Å². The minimum absolute atomic E-state index is 0.215. The van der Waals surface area contributed by atoms with Gasteiger partial charge in [0.2, 0.25) is 5.91 Å². The third kappa shape index (κ3) is 3.15. The van der Waals surface area contributed by atoms with Gasteiger partial charge in [-0.2, -0.15) is 0 Å². The van der Waals surface area contributed by atoms with Crippen LogP contribution in [0.3, 0.4) is 0 Å². The highest BCUT2D eigenvalue weighted by Gasteiger charge is 2.48. The number of carboxylic acids is 1. The number of carbonyl (C=O) groups excluding carboxylic acids is 1. The standard InChI is InChI=1S/C15H18FNO3/c1-15(2,9-3-5-10(16)6-4-9)8-17-13(18)11-7-12(11)14(19)20/h3-6,11-12H,7-8H2,1-2H3,(H,17,18)(H,19,20)/t11-,12+/m0/s1. The number of nitrogens with one attached hydrogen (secondary N) is 1. The number of hydrogen-bond donors (Lipinski definition) is 2. The van der Waals surface area contributed by atoms with Gasteiger partial charge in [0.15, 0.2) is 0 Å². The highest BCUT2D eigenvalue weighted by molar-refractivity contribution is 5.89. The number of carbonyl (C=O) groups is 2. The van der Waals surface area contributed by atoms with Crippen LogP contribution in [-0.4, -0.2) is 23.5 Å². The van der Waals surface area contributed by atoms with Crippen LogP contribution in [0, 0.1) is 17.7 Å². The fourth-order valence-electron chi connectivity index (χ4n) is 2.20. The Morgan fingerprint density at radius 3 is 2.40 bits per heavy atom. The fraction of sp³-hybridized carbons (Fsp3) is 0.467. The van der Waals surface area contributed by atoms with Gasteiger partial charge < -0.3 is 10.4 Å². The van der Waals surface area contributed by atoms with Gasteiger partial charge in [-0.25, -0.2) is 4.39 Å². The van der Waals surface area contributed by atoms with E-state index in [9.17, 15) is 14.0 Å². The van der Waals surface area contributed by atoms with Gasteiger partial charge in [0.25, 0.3) is 0 Å². The van der Waals surface area contributed by atoms with Crippen molar-refractivity contribution in [2.45, 2.75) is 25.7 Å². The molecule has 2 rings (SSSR count). The summed E-state index contributed by atoms with van der Waals surface area (Å²) in [7, 11) is 0. The van der Waals surface area contributed by atoms with Crippen molar-refractivity contribution in [1.82, 2.24) is 5.32 Å². The van der Waals surface area contributed by atoms with Crippen molar-refractivity contribution in [3.8, 4) is 0 Å². The second kappa shape index (κ2) is 5.23. The first kappa shape index (κ1) is 14.5. The van der Waals surface area contributed by atoms with Gasteiger partial charge in [0, 0.05) is 12.0 Å². The summed E-state index contributed by atoms with van der Waals surface area (Å²) in [6.45, 7) is 4.28. The monoisotopic (exact) mass is 279 g/mol. The Bertz CT molecular complexity index is 524. The van der Waals surface area contributed by atoms with Gasteiger partial charge >= 0.3 is 5.97 Å². The first-order valence-corrected chi connectivity index (χ1v) is 6.58. The topological polar surface area (TPSA) is 66.4 Å². The van der Waals surface area contributed by atoms with Crippen molar-refractivity contribution in [1.29, 1.82) is 0 Å². The van der Waals surface area contributed by atoms with Gasteiger partial charge in [-0.3, -0.25) is 9.59 Å². The lowest BCUT2D eigenvalue weighted by Crippen LogP contribution is -2.37.